The summed E-state index contributed by atoms with van der Waals surface area (Å²) in [6, 6.07) is 10.5. The highest BCUT2D eigenvalue weighted by molar-refractivity contribution is 7.07. The predicted molar refractivity (Wildman–Crippen MR) is 135 cm³/mol. The number of hydrogen-bond acceptors (Lipinski definition) is 9. The number of carboxylic acids is 1. The number of fused-ring (bicyclic) bond motifs is 2. The van der Waals surface area contributed by atoms with E-state index >= 15 is 0 Å². The van der Waals surface area contributed by atoms with Gasteiger partial charge in [-0.1, -0.05) is 24.3 Å². The summed E-state index contributed by atoms with van der Waals surface area (Å²) in [4.78, 5) is 31.5. The second-order valence-corrected chi connectivity index (χ2v) is 9.59. The van der Waals surface area contributed by atoms with Crippen LogP contribution in [0.5, 0.6) is 23.0 Å². The van der Waals surface area contributed by atoms with Crippen LogP contribution in [0.3, 0.4) is 0 Å². The summed E-state index contributed by atoms with van der Waals surface area (Å²) in [6.07, 6.45) is 1.96. The fraction of sp³-hybridized carbons (Fsp3) is 0.296. The number of ether oxygens (including phenoxy) is 4. The Kier molecular flexibility index (Phi) is 6.28. The van der Waals surface area contributed by atoms with Crippen LogP contribution in [-0.4, -0.2) is 38.0 Å². The lowest BCUT2D eigenvalue weighted by atomic mass is 9.77. The summed E-state index contributed by atoms with van der Waals surface area (Å²) in [6.45, 7) is 4.36. The SMILES string of the molecule is CCC1(c2cc(OC)ccc2OC)C(C(=O)[O-])=C(C)N=c2sc(=Cc3ccc4c(c3)OCCO4)c(=O)n21. The van der Waals surface area contributed by atoms with Gasteiger partial charge >= 0.3 is 0 Å². The van der Waals surface area contributed by atoms with E-state index in [9.17, 15) is 14.7 Å². The topological polar surface area (TPSA) is 111 Å². The molecular formula is C27H25N2O7S-. The third kappa shape index (κ3) is 3.88. The molecule has 3 aromatic rings. The lowest BCUT2D eigenvalue weighted by Gasteiger charge is -2.40. The van der Waals surface area contributed by atoms with Crippen molar-refractivity contribution in [3.8, 4) is 23.0 Å². The maximum absolute atomic E-state index is 14.0. The van der Waals surface area contributed by atoms with Crippen molar-refractivity contribution in [1.29, 1.82) is 0 Å². The van der Waals surface area contributed by atoms with Crippen LogP contribution in [0.25, 0.3) is 6.08 Å². The number of allylic oxidation sites excluding steroid dienone is 1. The van der Waals surface area contributed by atoms with Crippen molar-refractivity contribution in [3.63, 3.8) is 0 Å². The number of hydrogen-bond donors (Lipinski definition) is 0. The largest absolute Gasteiger partial charge is 0.545 e. The summed E-state index contributed by atoms with van der Waals surface area (Å²) < 4.78 is 24.2. The Morgan fingerprint density at radius 2 is 1.92 bits per heavy atom. The molecule has 2 aliphatic heterocycles. The van der Waals surface area contributed by atoms with Gasteiger partial charge in [-0.25, -0.2) is 4.99 Å². The maximum atomic E-state index is 14.0. The minimum absolute atomic E-state index is 0.0974. The van der Waals surface area contributed by atoms with Crippen LogP contribution in [0.2, 0.25) is 0 Å². The molecule has 5 rings (SSSR count). The van der Waals surface area contributed by atoms with Gasteiger partial charge in [-0.2, -0.15) is 0 Å². The van der Waals surface area contributed by atoms with Crippen molar-refractivity contribution < 1.29 is 28.8 Å². The maximum Gasteiger partial charge on any atom is 0.271 e. The number of thiazole rings is 1. The van der Waals surface area contributed by atoms with Crippen LogP contribution in [0.15, 0.2) is 57.5 Å². The lowest BCUT2D eigenvalue weighted by Crippen LogP contribution is -2.54. The van der Waals surface area contributed by atoms with Crippen molar-refractivity contribution in [3.05, 3.63) is 78.5 Å². The Hall–Kier alpha value is -4.05. The molecule has 192 valence electrons. The first kappa shape index (κ1) is 24.6. The molecule has 0 N–H and O–H groups in total. The van der Waals surface area contributed by atoms with Crippen molar-refractivity contribution in [2.75, 3.05) is 27.4 Å². The van der Waals surface area contributed by atoms with Crippen molar-refractivity contribution in [2.45, 2.75) is 25.8 Å². The molecule has 0 radical (unpaired) electrons. The van der Waals surface area contributed by atoms with E-state index in [2.05, 4.69) is 4.99 Å². The molecule has 1 unspecified atom stereocenters. The molecule has 0 spiro atoms. The number of aliphatic carboxylic acids is 1. The van der Waals surface area contributed by atoms with E-state index in [0.717, 1.165) is 5.56 Å². The van der Waals surface area contributed by atoms with Gasteiger partial charge in [-0.15, -0.1) is 0 Å². The number of carboxylic acid groups (broad SMARTS) is 1. The van der Waals surface area contributed by atoms with Crippen LogP contribution in [0, 0.1) is 0 Å². The van der Waals surface area contributed by atoms with Gasteiger partial charge in [0.2, 0.25) is 0 Å². The van der Waals surface area contributed by atoms with E-state index in [0.29, 0.717) is 51.1 Å². The second-order valence-electron chi connectivity index (χ2n) is 8.58. The average Bonchev–Trinajstić information content (AvgIpc) is 3.21. The molecule has 0 saturated heterocycles. The summed E-state index contributed by atoms with van der Waals surface area (Å²) in [5, 5.41) is 12.6. The first-order chi connectivity index (χ1) is 17.8. The zero-order valence-electron chi connectivity index (χ0n) is 20.8. The van der Waals surface area contributed by atoms with Crippen molar-refractivity contribution in [1.82, 2.24) is 4.57 Å². The number of aromatic nitrogens is 1. The van der Waals surface area contributed by atoms with Gasteiger partial charge in [0.25, 0.3) is 5.56 Å². The van der Waals surface area contributed by atoms with Gasteiger partial charge in [-0.05, 0) is 55.3 Å². The fourth-order valence-electron chi connectivity index (χ4n) is 5.03. The first-order valence-corrected chi connectivity index (χ1v) is 12.5. The number of carbonyl (C=O) groups excluding carboxylic acids is 1. The highest BCUT2D eigenvalue weighted by Crippen LogP contribution is 2.44. The number of rotatable bonds is 6. The average molecular weight is 522 g/mol. The summed E-state index contributed by atoms with van der Waals surface area (Å²) in [7, 11) is 3.01. The van der Waals surface area contributed by atoms with E-state index in [1.807, 2.05) is 19.1 Å². The minimum atomic E-state index is -1.44. The second kappa shape index (κ2) is 9.44. The standard InChI is InChI=1S/C27H26N2O7S/c1-5-27(18-14-17(33-3)7-9-19(18)34-4)23(25(31)32)15(2)28-26-29(27)24(30)22(37-26)13-16-6-8-20-21(12-16)36-11-10-35-20/h6-9,12-14H,5,10-11H2,1-4H3,(H,31,32)/p-1. The molecule has 0 fully saturated rings. The van der Waals surface area contributed by atoms with E-state index in [-0.39, 0.29) is 23.3 Å². The Morgan fingerprint density at radius 1 is 1.16 bits per heavy atom. The minimum Gasteiger partial charge on any atom is -0.545 e. The number of nitrogens with zero attached hydrogens (tertiary/aromatic N) is 2. The van der Waals surface area contributed by atoms with Crippen LogP contribution < -0.4 is 38.9 Å². The molecule has 2 aliphatic rings. The molecule has 2 aromatic carbocycles. The molecule has 37 heavy (non-hydrogen) atoms. The van der Waals surface area contributed by atoms with Gasteiger partial charge in [0.15, 0.2) is 16.3 Å². The highest BCUT2D eigenvalue weighted by Gasteiger charge is 2.45. The van der Waals surface area contributed by atoms with E-state index in [4.69, 9.17) is 18.9 Å². The number of carbonyl (C=O) groups is 1. The fourth-order valence-corrected chi connectivity index (χ4v) is 6.11. The van der Waals surface area contributed by atoms with E-state index in [1.165, 1.54) is 30.1 Å². The Bertz CT molecular complexity index is 1620. The van der Waals surface area contributed by atoms with Gasteiger partial charge in [0.1, 0.15) is 30.3 Å². The van der Waals surface area contributed by atoms with Crippen molar-refractivity contribution in [2.24, 2.45) is 4.99 Å². The molecule has 0 aliphatic carbocycles. The van der Waals surface area contributed by atoms with Gasteiger partial charge < -0.3 is 28.8 Å². The number of methoxy groups -OCH3 is 2. The lowest BCUT2D eigenvalue weighted by molar-refractivity contribution is -0.300. The van der Waals surface area contributed by atoms with Crippen LogP contribution >= 0.6 is 11.3 Å². The summed E-state index contributed by atoms with van der Waals surface area (Å²) in [5.41, 5.74) is -0.439. The molecule has 1 atom stereocenters. The Labute approximate surface area is 216 Å². The highest BCUT2D eigenvalue weighted by atomic mass is 32.1. The zero-order valence-corrected chi connectivity index (χ0v) is 21.6. The Morgan fingerprint density at radius 3 is 2.59 bits per heavy atom. The molecule has 9 nitrogen and oxygen atoms in total. The third-order valence-electron chi connectivity index (χ3n) is 6.66. The molecule has 0 saturated carbocycles. The summed E-state index contributed by atoms with van der Waals surface area (Å²) >= 11 is 1.18. The van der Waals surface area contributed by atoms with E-state index in [1.54, 1.807) is 37.3 Å². The Balaban J connectivity index is 1.81. The molecule has 1 aromatic heterocycles. The normalized spacial score (nSPS) is 18.8. The van der Waals surface area contributed by atoms with E-state index < -0.39 is 11.5 Å². The van der Waals surface area contributed by atoms with Gasteiger partial charge in [-0.3, -0.25) is 9.36 Å². The quantitative estimate of drug-likeness (QED) is 0.481. The molecular weight excluding hydrogens is 496 g/mol. The monoisotopic (exact) mass is 521 g/mol. The van der Waals surface area contributed by atoms with Gasteiger partial charge in [0.05, 0.1) is 24.7 Å². The summed E-state index contributed by atoms with van der Waals surface area (Å²) in [5.74, 6) is 0.752. The first-order valence-electron chi connectivity index (χ1n) is 11.7. The van der Waals surface area contributed by atoms with Crippen LogP contribution in [-0.2, 0) is 10.3 Å². The molecule has 0 amide bonds. The molecule has 10 heteroatoms. The zero-order chi connectivity index (χ0) is 26.3. The van der Waals surface area contributed by atoms with Gasteiger partial charge in [0, 0.05) is 16.8 Å². The van der Waals surface area contributed by atoms with Crippen LogP contribution in [0.4, 0.5) is 0 Å². The van der Waals surface area contributed by atoms with Crippen LogP contribution in [0.1, 0.15) is 31.4 Å². The molecule has 0 bridgehead atoms. The molecule has 3 heterocycles. The predicted octanol–water partition coefficient (Wildman–Crippen LogP) is 1.34. The third-order valence-corrected chi connectivity index (χ3v) is 7.63. The smallest absolute Gasteiger partial charge is 0.271 e. The number of benzene rings is 2. The van der Waals surface area contributed by atoms with Crippen molar-refractivity contribution >= 4 is 23.4 Å².